The minimum absolute atomic E-state index is 0.0363. The predicted molar refractivity (Wildman–Crippen MR) is 115 cm³/mol. The van der Waals surface area contributed by atoms with Crippen molar-refractivity contribution in [3.63, 3.8) is 0 Å². The second-order valence-corrected chi connectivity index (χ2v) is 8.88. The Morgan fingerprint density at radius 3 is 2.67 bits per heavy atom. The lowest BCUT2D eigenvalue weighted by atomic mass is 10.1. The molecule has 2 aliphatic heterocycles. The van der Waals surface area contributed by atoms with E-state index in [1.165, 1.54) is 24.9 Å². The van der Waals surface area contributed by atoms with E-state index in [1.807, 2.05) is 30.0 Å². The van der Waals surface area contributed by atoms with E-state index in [1.54, 1.807) is 12.1 Å². The number of fused-ring (bicyclic) bond motifs is 1. The summed E-state index contributed by atoms with van der Waals surface area (Å²) in [4.78, 5) is 29.9. The van der Waals surface area contributed by atoms with Gasteiger partial charge in [0.15, 0.2) is 11.6 Å². The molecule has 0 saturated carbocycles. The molecule has 0 bridgehead atoms. The first-order valence-electron chi connectivity index (χ1n) is 9.90. The molecule has 0 spiro atoms. The molecule has 2 heterocycles. The highest BCUT2D eigenvalue weighted by molar-refractivity contribution is 8.00. The van der Waals surface area contributed by atoms with Crippen LogP contribution in [0.4, 0.5) is 10.1 Å². The Labute approximate surface area is 179 Å². The van der Waals surface area contributed by atoms with Crippen LogP contribution >= 0.6 is 11.8 Å². The van der Waals surface area contributed by atoms with Crippen LogP contribution in [0.25, 0.3) is 0 Å². The number of anilines is 1. The summed E-state index contributed by atoms with van der Waals surface area (Å²) >= 11 is 1.50. The monoisotopic (exact) mass is 429 g/mol. The van der Waals surface area contributed by atoms with E-state index in [-0.39, 0.29) is 28.6 Å². The average molecular weight is 430 g/mol. The molecule has 2 aromatic rings. The summed E-state index contributed by atoms with van der Waals surface area (Å²) in [5, 5.41) is 2.74. The first-order chi connectivity index (χ1) is 14.4. The Bertz CT molecular complexity index is 976. The average Bonchev–Trinajstić information content (AvgIpc) is 2.74. The summed E-state index contributed by atoms with van der Waals surface area (Å²) < 4.78 is 18.9. The predicted octanol–water partition coefficient (Wildman–Crippen LogP) is 3.23. The van der Waals surface area contributed by atoms with Gasteiger partial charge in [0.1, 0.15) is 0 Å². The van der Waals surface area contributed by atoms with Crippen LogP contribution in [0.3, 0.4) is 0 Å². The van der Waals surface area contributed by atoms with Crippen molar-refractivity contribution in [2.24, 2.45) is 0 Å². The number of ether oxygens (including phenoxy) is 1. The number of methoxy groups -OCH3 is 1. The zero-order valence-corrected chi connectivity index (χ0v) is 17.8. The normalized spacial score (nSPS) is 19.2. The SMILES string of the molecule is COc1ccc(CN2CCN(C(=O)c3ccc4c(c3)NC(=O)[C@H](C)S4)CC2)cc1F. The molecule has 4 rings (SSSR count). The van der Waals surface area contributed by atoms with Crippen molar-refractivity contribution in [3.8, 4) is 5.75 Å². The van der Waals surface area contributed by atoms with Crippen molar-refractivity contribution in [2.45, 2.75) is 23.6 Å². The quantitative estimate of drug-likeness (QED) is 0.809. The first-order valence-corrected chi connectivity index (χ1v) is 10.8. The van der Waals surface area contributed by atoms with Gasteiger partial charge in [-0.05, 0) is 42.8 Å². The molecule has 30 heavy (non-hydrogen) atoms. The maximum absolute atomic E-state index is 13.9. The maximum Gasteiger partial charge on any atom is 0.254 e. The maximum atomic E-state index is 13.9. The molecule has 0 radical (unpaired) electrons. The van der Waals surface area contributed by atoms with E-state index in [9.17, 15) is 14.0 Å². The molecule has 2 aromatic carbocycles. The van der Waals surface area contributed by atoms with E-state index in [2.05, 4.69) is 10.2 Å². The first kappa shape index (κ1) is 20.7. The third kappa shape index (κ3) is 4.29. The van der Waals surface area contributed by atoms with Gasteiger partial charge in [-0.2, -0.15) is 0 Å². The lowest BCUT2D eigenvalue weighted by Crippen LogP contribution is -2.48. The fourth-order valence-corrected chi connectivity index (χ4v) is 4.63. The third-order valence-corrected chi connectivity index (χ3v) is 6.62. The van der Waals surface area contributed by atoms with Crippen molar-refractivity contribution >= 4 is 29.3 Å². The summed E-state index contributed by atoms with van der Waals surface area (Å²) in [5.41, 5.74) is 2.16. The fraction of sp³-hybridized carbons (Fsp3) is 0.364. The van der Waals surface area contributed by atoms with Crippen LogP contribution in [-0.4, -0.2) is 60.2 Å². The standard InChI is InChI=1S/C22H24FN3O3S/c1-14-21(27)24-18-12-16(4-6-20(18)30-14)22(28)26-9-7-25(8-10-26)13-15-3-5-19(29-2)17(23)11-15/h3-6,11-12,14H,7-10,13H2,1-2H3,(H,24,27)/t14-/m0/s1. The number of halogens is 1. The molecule has 2 amide bonds. The number of piperazine rings is 1. The Morgan fingerprint density at radius 2 is 1.97 bits per heavy atom. The number of rotatable bonds is 4. The van der Waals surface area contributed by atoms with Crippen LogP contribution in [0, 0.1) is 5.82 Å². The molecule has 1 fully saturated rings. The van der Waals surface area contributed by atoms with Crippen molar-refractivity contribution < 1.29 is 18.7 Å². The van der Waals surface area contributed by atoms with Gasteiger partial charge in [-0.3, -0.25) is 14.5 Å². The summed E-state index contributed by atoms with van der Waals surface area (Å²) in [6.07, 6.45) is 0. The fourth-order valence-electron chi connectivity index (χ4n) is 3.70. The minimum Gasteiger partial charge on any atom is -0.494 e. The van der Waals surface area contributed by atoms with E-state index in [0.29, 0.717) is 44.0 Å². The lowest BCUT2D eigenvalue weighted by Gasteiger charge is -2.35. The number of hydrogen-bond donors (Lipinski definition) is 1. The third-order valence-electron chi connectivity index (χ3n) is 5.44. The van der Waals surface area contributed by atoms with Gasteiger partial charge in [0.05, 0.1) is 18.0 Å². The van der Waals surface area contributed by atoms with Gasteiger partial charge in [0.25, 0.3) is 5.91 Å². The molecule has 2 aliphatic rings. The molecule has 0 aromatic heterocycles. The number of nitrogens with one attached hydrogen (secondary N) is 1. The molecule has 0 unspecified atom stereocenters. The van der Waals surface area contributed by atoms with E-state index >= 15 is 0 Å². The highest BCUT2D eigenvalue weighted by atomic mass is 32.2. The van der Waals surface area contributed by atoms with Crippen LogP contribution < -0.4 is 10.1 Å². The second kappa shape index (κ2) is 8.65. The molecular weight excluding hydrogens is 405 g/mol. The molecule has 0 aliphatic carbocycles. The summed E-state index contributed by atoms with van der Waals surface area (Å²) in [5.74, 6) is -0.203. The van der Waals surface area contributed by atoms with Crippen molar-refractivity contribution in [2.75, 3.05) is 38.6 Å². The van der Waals surface area contributed by atoms with E-state index < -0.39 is 0 Å². The van der Waals surface area contributed by atoms with Crippen LogP contribution in [-0.2, 0) is 11.3 Å². The van der Waals surface area contributed by atoms with Crippen molar-refractivity contribution in [3.05, 3.63) is 53.3 Å². The second-order valence-electron chi connectivity index (χ2n) is 7.50. The highest BCUT2D eigenvalue weighted by Crippen LogP contribution is 2.36. The molecule has 1 saturated heterocycles. The number of thioether (sulfide) groups is 1. The topological polar surface area (TPSA) is 61.9 Å². The summed E-state index contributed by atoms with van der Waals surface area (Å²) in [6, 6.07) is 10.5. The van der Waals surface area contributed by atoms with Gasteiger partial charge >= 0.3 is 0 Å². The van der Waals surface area contributed by atoms with Gasteiger partial charge in [0, 0.05) is 43.2 Å². The minimum atomic E-state index is -0.365. The number of benzene rings is 2. The number of nitrogens with zero attached hydrogens (tertiary/aromatic N) is 2. The number of carbonyl (C=O) groups excluding carboxylic acids is 2. The van der Waals surface area contributed by atoms with Crippen LogP contribution in [0.2, 0.25) is 0 Å². The number of amides is 2. The van der Waals surface area contributed by atoms with Gasteiger partial charge in [-0.25, -0.2) is 4.39 Å². The van der Waals surface area contributed by atoms with Gasteiger partial charge in [0.2, 0.25) is 5.91 Å². The Balaban J connectivity index is 1.36. The highest BCUT2D eigenvalue weighted by Gasteiger charge is 2.26. The molecular formula is C22H24FN3O3S. The molecule has 6 nitrogen and oxygen atoms in total. The van der Waals surface area contributed by atoms with E-state index in [0.717, 1.165) is 10.5 Å². The number of hydrogen-bond acceptors (Lipinski definition) is 5. The Hall–Kier alpha value is -2.58. The van der Waals surface area contributed by atoms with Crippen molar-refractivity contribution in [1.29, 1.82) is 0 Å². The Kier molecular flexibility index (Phi) is 5.97. The molecule has 158 valence electrons. The zero-order chi connectivity index (χ0) is 21.3. The van der Waals surface area contributed by atoms with Gasteiger partial charge in [-0.15, -0.1) is 11.8 Å². The molecule has 1 N–H and O–H groups in total. The summed E-state index contributed by atoms with van der Waals surface area (Å²) in [6.45, 7) is 5.13. The van der Waals surface area contributed by atoms with Crippen LogP contribution in [0.15, 0.2) is 41.3 Å². The summed E-state index contributed by atoms with van der Waals surface area (Å²) in [7, 11) is 1.45. The zero-order valence-electron chi connectivity index (χ0n) is 17.0. The number of carbonyl (C=O) groups is 2. The van der Waals surface area contributed by atoms with Gasteiger partial charge < -0.3 is 15.0 Å². The van der Waals surface area contributed by atoms with Crippen molar-refractivity contribution in [1.82, 2.24) is 9.80 Å². The Morgan fingerprint density at radius 1 is 1.20 bits per heavy atom. The lowest BCUT2D eigenvalue weighted by molar-refractivity contribution is -0.115. The largest absolute Gasteiger partial charge is 0.494 e. The van der Waals surface area contributed by atoms with Crippen LogP contribution in [0.1, 0.15) is 22.8 Å². The molecule has 1 atom stereocenters. The smallest absolute Gasteiger partial charge is 0.254 e. The van der Waals surface area contributed by atoms with Crippen LogP contribution in [0.5, 0.6) is 5.75 Å². The van der Waals surface area contributed by atoms with Gasteiger partial charge in [-0.1, -0.05) is 6.07 Å². The van der Waals surface area contributed by atoms with E-state index in [4.69, 9.17) is 4.74 Å². The molecule has 8 heteroatoms.